The minimum Gasteiger partial charge on any atom is -0.481 e. The maximum atomic E-state index is 10.6. The van der Waals surface area contributed by atoms with Crippen LogP contribution < -0.4 is 0 Å². The van der Waals surface area contributed by atoms with E-state index in [1.807, 2.05) is 0 Å². The number of carboxylic acid groups (broad SMARTS) is 1. The van der Waals surface area contributed by atoms with Crippen molar-refractivity contribution in [2.24, 2.45) is 0 Å². The van der Waals surface area contributed by atoms with E-state index in [2.05, 4.69) is 35.1 Å². The second kappa shape index (κ2) is 23.5. The quantitative estimate of drug-likeness (QED) is 0.124. The van der Waals surface area contributed by atoms with Gasteiger partial charge in [0.1, 0.15) is 0 Å². The van der Waals surface area contributed by atoms with Gasteiger partial charge in [-0.2, -0.15) is 0 Å². The number of unbranched alkanes of at least 4 members (excludes halogenated alkanes) is 8. The Balaban J connectivity index is 0. The summed E-state index contributed by atoms with van der Waals surface area (Å²) >= 11 is 0. The van der Waals surface area contributed by atoms with E-state index in [-0.39, 0.29) is 18.1 Å². The Morgan fingerprint density at radius 2 is 1.53 bits per heavy atom. The molecule has 0 unspecified atom stereocenters. The van der Waals surface area contributed by atoms with Gasteiger partial charge in [0, 0.05) is 12.0 Å². The van der Waals surface area contributed by atoms with Crippen LogP contribution in [0.1, 0.15) is 96.8 Å². The fraction of sp³-hybridized carbons (Fsp3) is 0.720. The fourth-order valence-electron chi connectivity index (χ4n) is 2.83. The predicted octanol–water partition coefficient (Wildman–Crippen LogP) is 5.36. The van der Waals surface area contributed by atoms with Gasteiger partial charge in [-0.25, -0.2) is 4.79 Å². The second-order valence-corrected chi connectivity index (χ2v) is 7.76. The number of rotatable bonds is 18. The molecule has 0 aliphatic carbocycles. The standard InChI is InChI=1S/C18H34O3.C7H10O4/c1-2-3-4-11-14-17(19)15-12-9-7-5-6-8-10-13-16-18(20)21;1-5(7(9)11-3)4-6(8)10-2/h9,12,17,19H,2-8,10-11,13-16H2,1H3,(H,20,21);1,4H2,2-3H3/b12-9-;/t17-;/m1./s1. The average molecular weight is 457 g/mol. The molecule has 0 spiro atoms. The first-order chi connectivity index (χ1) is 15.3. The molecule has 0 bridgehead atoms. The van der Waals surface area contributed by atoms with Gasteiger partial charge in [0.25, 0.3) is 0 Å². The number of hydrogen-bond acceptors (Lipinski definition) is 6. The van der Waals surface area contributed by atoms with E-state index in [1.165, 1.54) is 39.9 Å². The number of methoxy groups -OCH3 is 2. The van der Waals surface area contributed by atoms with Crippen molar-refractivity contribution in [3.05, 3.63) is 24.3 Å². The SMILES string of the molecule is C=C(CC(=O)OC)C(=O)OC.CCCCCC[C@@H](O)C/C=C\CCCCCCCC(=O)O. The first kappa shape index (κ1) is 32.0. The van der Waals surface area contributed by atoms with Crippen LogP contribution in [0.4, 0.5) is 0 Å². The number of allylic oxidation sites excluding steroid dienone is 1. The smallest absolute Gasteiger partial charge is 0.333 e. The van der Waals surface area contributed by atoms with Crippen LogP contribution in [0.5, 0.6) is 0 Å². The molecule has 7 nitrogen and oxygen atoms in total. The minimum absolute atomic E-state index is 0.0966. The maximum Gasteiger partial charge on any atom is 0.333 e. The lowest BCUT2D eigenvalue weighted by molar-refractivity contribution is -0.143. The molecule has 0 saturated heterocycles. The highest BCUT2D eigenvalue weighted by Crippen LogP contribution is 2.10. The zero-order valence-corrected chi connectivity index (χ0v) is 20.3. The Kier molecular flexibility index (Phi) is 23.5. The summed E-state index contributed by atoms with van der Waals surface area (Å²) in [4.78, 5) is 31.5. The lowest BCUT2D eigenvalue weighted by Crippen LogP contribution is -2.09. The summed E-state index contributed by atoms with van der Waals surface area (Å²) < 4.78 is 8.62. The molecule has 2 N–H and O–H groups in total. The molecule has 186 valence electrons. The van der Waals surface area contributed by atoms with Crippen molar-refractivity contribution < 1.29 is 34.1 Å². The molecule has 32 heavy (non-hydrogen) atoms. The van der Waals surface area contributed by atoms with E-state index in [4.69, 9.17) is 5.11 Å². The highest BCUT2D eigenvalue weighted by molar-refractivity contribution is 5.93. The summed E-state index contributed by atoms with van der Waals surface area (Å²) in [6, 6.07) is 0. The number of aliphatic carboxylic acids is 1. The maximum absolute atomic E-state index is 10.6. The van der Waals surface area contributed by atoms with Crippen LogP contribution >= 0.6 is 0 Å². The van der Waals surface area contributed by atoms with Crippen LogP contribution in [-0.4, -0.2) is 48.4 Å². The molecule has 0 aromatic rings. The van der Waals surface area contributed by atoms with Gasteiger partial charge in [-0.05, 0) is 32.1 Å². The Labute approximate surface area is 193 Å². The molecule has 0 heterocycles. The molecule has 7 heteroatoms. The molecule has 0 aromatic heterocycles. The second-order valence-electron chi connectivity index (χ2n) is 7.76. The topological polar surface area (TPSA) is 110 Å². The number of carboxylic acids is 1. The van der Waals surface area contributed by atoms with Gasteiger partial charge in [-0.3, -0.25) is 9.59 Å². The van der Waals surface area contributed by atoms with Gasteiger partial charge < -0.3 is 19.7 Å². The Hall–Kier alpha value is -2.15. The number of hydrogen-bond donors (Lipinski definition) is 2. The molecule has 0 aromatic carbocycles. The van der Waals surface area contributed by atoms with Gasteiger partial charge in [-0.1, -0.05) is 70.6 Å². The van der Waals surface area contributed by atoms with E-state index in [9.17, 15) is 19.5 Å². The summed E-state index contributed by atoms with van der Waals surface area (Å²) in [5.74, 6) is -1.78. The van der Waals surface area contributed by atoms with E-state index in [0.717, 1.165) is 51.4 Å². The van der Waals surface area contributed by atoms with Crippen LogP contribution in [-0.2, 0) is 23.9 Å². The van der Waals surface area contributed by atoms with Crippen LogP contribution in [0.15, 0.2) is 24.3 Å². The van der Waals surface area contributed by atoms with Crippen molar-refractivity contribution >= 4 is 17.9 Å². The van der Waals surface area contributed by atoms with E-state index in [0.29, 0.717) is 6.42 Å². The first-order valence-electron chi connectivity index (χ1n) is 11.7. The Morgan fingerprint density at radius 3 is 2.12 bits per heavy atom. The van der Waals surface area contributed by atoms with E-state index in [1.54, 1.807) is 0 Å². The predicted molar refractivity (Wildman–Crippen MR) is 126 cm³/mol. The van der Waals surface area contributed by atoms with E-state index >= 15 is 0 Å². The van der Waals surface area contributed by atoms with Crippen molar-refractivity contribution in [2.45, 2.75) is 103 Å². The molecule has 0 amide bonds. The van der Waals surface area contributed by atoms with Crippen molar-refractivity contribution in [2.75, 3.05) is 14.2 Å². The molecule has 0 aliphatic heterocycles. The highest BCUT2D eigenvalue weighted by Gasteiger charge is 2.11. The Morgan fingerprint density at radius 1 is 0.906 bits per heavy atom. The third-order valence-corrected chi connectivity index (χ3v) is 4.79. The Bertz CT molecular complexity index is 540. The normalized spacial score (nSPS) is 11.4. The lowest BCUT2D eigenvalue weighted by atomic mass is 10.1. The van der Waals surface area contributed by atoms with Gasteiger partial charge in [-0.15, -0.1) is 0 Å². The van der Waals surface area contributed by atoms with Crippen LogP contribution in [0.2, 0.25) is 0 Å². The summed E-state index contributed by atoms with van der Waals surface area (Å²) in [6.07, 6.45) is 17.2. The molecular weight excluding hydrogens is 412 g/mol. The molecular formula is C25H44O7. The third kappa shape index (κ3) is 24.1. The van der Waals surface area contributed by atoms with Crippen LogP contribution in [0.3, 0.4) is 0 Å². The number of aliphatic hydroxyl groups is 1. The summed E-state index contributed by atoms with van der Waals surface area (Å²) in [6.45, 7) is 5.54. The number of esters is 2. The average Bonchev–Trinajstić information content (AvgIpc) is 2.77. The molecule has 0 saturated carbocycles. The number of carbonyl (C=O) groups is 3. The molecule has 0 fully saturated rings. The van der Waals surface area contributed by atoms with Crippen molar-refractivity contribution in [3.8, 4) is 0 Å². The van der Waals surface area contributed by atoms with Crippen LogP contribution in [0.25, 0.3) is 0 Å². The van der Waals surface area contributed by atoms with Gasteiger partial charge in [0.15, 0.2) is 0 Å². The van der Waals surface area contributed by atoms with Gasteiger partial charge >= 0.3 is 17.9 Å². The number of aliphatic hydroxyl groups excluding tert-OH is 1. The number of ether oxygens (including phenoxy) is 2. The largest absolute Gasteiger partial charge is 0.481 e. The zero-order valence-electron chi connectivity index (χ0n) is 20.3. The summed E-state index contributed by atoms with van der Waals surface area (Å²) in [5.41, 5.74) is 0.0966. The van der Waals surface area contributed by atoms with Crippen molar-refractivity contribution in [3.63, 3.8) is 0 Å². The highest BCUT2D eigenvalue weighted by atomic mass is 16.5. The zero-order chi connectivity index (χ0) is 24.6. The molecule has 0 rings (SSSR count). The summed E-state index contributed by atoms with van der Waals surface area (Å²) in [5, 5.41) is 18.3. The number of carbonyl (C=O) groups excluding carboxylic acids is 2. The monoisotopic (exact) mass is 456 g/mol. The first-order valence-corrected chi connectivity index (χ1v) is 11.7. The van der Waals surface area contributed by atoms with Gasteiger partial charge in [0.2, 0.25) is 0 Å². The molecule has 1 atom stereocenters. The third-order valence-electron chi connectivity index (χ3n) is 4.79. The summed E-state index contributed by atoms with van der Waals surface area (Å²) in [7, 11) is 2.47. The fourth-order valence-corrected chi connectivity index (χ4v) is 2.83. The van der Waals surface area contributed by atoms with Gasteiger partial charge in [0.05, 0.1) is 26.7 Å². The van der Waals surface area contributed by atoms with Crippen LogP contribution in [0, 0.1) is 0 Å². The lowest BCUT2D eigenvalue weighted by Gasteiger charge is -2.07. The molecule has 0 aliphatic rings. The van der Waals surface area contributed by atoms with E-state index < -0.39 is 17.9 Å². The van der Waals surface area contributed by atoms with Crippen molar-refractivity contribution in [1.82, 2.24) is 0 Å². The van der Waals surface area contributed by atoms with Crippen molar-refractivity contribution in [1.29, 1.82) is 0 Å². The molecule has 0 radical (unpaired) electrons. The minimum atomic E-state index is -0.689.